The van der Waals surface area contributed by atoms with Gasteiger partial charge < -0.3 is 24.4 Å². The lowest BCUT2D eigenvalue weighted by molar-refractivity contribution is -0.141. The molecule has 0 spiro atoms. The van der Waals surface area contributed by atoms with E-state index < -0.39 is 23.6 Å². The fraction of sp³-hybridized carbons (Fsp3) is 0.407. The van der Waals surface area contributed by atoms with E-state index in [0.29, 0.717) is 43.3 Å². The number of hydrogen-bond donors (Lipinski definition) is 1. The summed E-state index contributed by atoms with van der Waals surface area (Å²) in [4.78, 5) is 30.1. The summed E-state index contributed by atoms with van der Waals surface area (Å²) in [6, 6.07) is 5.89. The molecular weight excluding hydrogens is 565 g/mol. The third-order valence-electron chi connectivity index (χ3n) is 7.06. The number of urea groups is 1. The Morgan fingerprint density at radius 3 is 2.73 bits per heavy atom. The highest BCUT2D eigenvalue weighted by Gasteiger charge is 2.41. The van der Waals surface area contributed by atoms with Gasteiger partial charge in [-0.3, -0.25) is 4.90 Å². The molecule has 0 unspecified atom stereocenters. The maximum Gasteiger partial charge on any atom is 0.416 e. The number of aromatic nitrogens is 3. The molecule has 2 atom stereocenters. The maximum absolute atomic E-state index is 13.5. The number of pyridine rings is 1. The number of ether oxygens (including phenoxy) is 3. The summed E-state index contributed by atoms with van der Waals surface area (Å²) >= 11 is 6.52. The Morgan fingerprint density at radius 2 is 2.02 bits per heavy atom. The van der Waals surface area contributed by atoms with Crippen molar-refractivity contribution in [2.75, 3.05) is 41.4 Å². The van der Waals surface area contributed by atoms with Crippen molar-refractivity contribution in [2.45, 2.75) is 44.4 Å². The Bertz CT molecular complexity index is 1470. The minimum atomic E-state index is -4.52. The van der Waals surface area contributed by atoms with Crippen LogP contribution < -0.4 is 19.9 Å². The van der Waals surface area contributed by atoms with E-state index >= 15 is 0 Å². The molecule has 3 aliphatic heterocycles. The second-order valence-electron chi connectivity index (χ2n) is 10.4. The van der Waals surface area contributed by atoms with Crippen molar-refractivity contribution in [1.82, 2.24) is 15.0 Å². The lowest BCUT2D eigenvalue weighted by Crippen LogP contribution is -2.48. The molecule has 41 heavy (non-hydrogen) atoms. The van der Waals surface area contributed by atoms with Crippen LogP contribution in [0.2, 0.25) is 5.02 Å². The maximum atomic E-state index is 13.5. The summed E-state index contributed by atoms with van der Waals surface area (Å²) in [5, 5.41) is 2.99. The van der Waals surface area contributed by atoms with Crippen molar-refractivity contribution in [2.24, 2.45) is 0 Å². The molecule has 2 aromatic heterocycles. The third-order valence-corrected chi connectivity index (χ3v) is 7.35. The van der Waals surface area contributed by atoms with Crippen molar-refractivity contribution in [3.63, 3.8) is 0 Å². The molecule has 216 valence electrons. The minimum Gasteiger partial charge on any atom is -0.461 e. The van der Waals surface area contributed by atoms with Gasteiger partial charge in [-0.1, -0.05) is 23.7 Å². The zero-order chi connectivity index (χ0) is 28.9. The van der Waals surface area contributed by atoms with Crippen LogP contribution >= 0.6 is 11.6 Å². The van der Waals surface area contributed by atoms with Gasteiger partial charge in [-0.25, -0.2) is 19.7 Å². The lowest BCUT2D eigenvalue weighted by atomic mass is 10.1. The zero-order valence-electron chi connectivity index (χ0n) is 22.1. The van der Waals surface area contributed by atoms with E-state index in [1.165, 1.54) is 29.4 Å². The SMILES string of the molecule is CC1(C)OC[C@H](COc2ncc(NC(=O)N3c4nc(-c5cccc(C(F)(F)F)c5)c(Cl)cc4N4CC[C@H]3C4)cn2)O1. The summed E-state index contributed by atoms with van der Waals surface area (Å²) < 4.78 is 56.9. The van der Waals surface area contributed by atoms with Crippen LogP contribution in [-0.4, -0.2) is 65.2 Å². The summed E-state index contributed by atoms with van der Waals surface area (Å²) in [7, 11) is 0. The Hall–Kier alpha value is -3.68. The Kier molecular flexibility index (Phi) is 6.91. The van der Waals surface area contributed by atoms with Crippen LogP contribution in [0.3, 0.4) is 0 Å². The van der Waals surface area contributed by atoms with Crippen molar-refractivity contribution in [3.8, 4) is 17.3 Å². The van der Waals surface area contributed by atoms with Gasteiger partial charge in [0.2, 0.25) is 0 Å². The number of benzene rings is 1. The Balaban J connectivity index is 1.21. The van der Waals surface area contributed by atoms with Crippen LogP contribution in [0.4, 0.5) is 35.2 Å². The number of anilines is 3. The second-order valence-corrected chi connectivity index (χ2v) is 10.9. The van der Waals surface area contributed by atoms with Gasteiger partial charge >= 0.3 is 18.2 Å². The molecule has 14 heteroatoms. The normalized spacial score (nSPS) is 21.1. The van der Waals surface area contributed by atoms with E-state index in [4.69, 9.17) is 25.8 Å². The largest absolute Gasteiger partial charge is 0.461 e. The lowest BCUT2D eigenvalue weighted by Gasteiger charge is -2.36. The molecule has 5 heterocycles. The number of hydrogen-bond acceptors (Lipinski definition) is 8. The van der Waals surface area contributed by atoms with E-state index in [2.05, 4.69) is 25.2 Å². The van der Waals surface area contributed by atoms with Crippen molar-refractivity contribution in [3.05, 3.63) is 53.3 Å². The van der Waals surface area contributed by atoms with Gasteiger partial charge in [0.05, 0.1) is 52.7 Å². The van der Waals surface area contributed by atoms with Gasteiger partial charge in [0.25, 0.3) is 0 Å². The predicted octanol–water partition coefficient (Wildman–Crippen LogP) is 5.37. The van der Waals surface area contributed by atoms with Crippen LogP contribution in [0, 0.1) is 0 Å². The number of nitrogens with zero attached hydrogens (tertiary/aromatic N) is 5. The fourth-order valence-corrected chi connectivity index (χ4v) is 5.44. The quantitative estimate of drug-likeness (QED) is 0.423. The number of carbonyl (C=O) groups is 1. The molecule has 3 aliphatic rings. The van der Waals surface area contributed by atoms with Crippen LogP contribution in [0.1, 0.15) is 25.8 Å². The number of halogens is 4. The first kappa shape index (κ1) is 27.5. The highest BCUT2D eigenvalue weighted by atomic mass is 35.5. The predicted molar refractivity (Wildman–Crippen MR) is 144 cm³/mol. The molecular formula is C27H26ClF3N6O4. The highest BCUT2D eigenvalue weighted by Crippen LogP contribution is 2.43. The number of nitrogens with one attached hydrogen (secondary N) is 1. The van der Waals surface area contributed by atoms with E-state index in [1.807, 2.05) is 13.8 Å². The molecule has 2 fully saturated rings. The zero-order valence-corrected chi connectivity index (χ0v) is 22.9. The van der Waals surface area contributed by atoms with E-state index in [9.17, 15) is 18.0 Å². The first-order valence-electron chi connectivity index (χ1n) is 13.0. The van der Waals surface area contributed by atoms with E-state index in [0.717, 1.165) is 12.1 Å². The Labute approximate surface area is 238 Å². The molecule has 0 aliphatic carbocycles. The van der Waals surface area contributed by atoms with Gasteiger partial charge in [0, 0.05) is 18.7 Å². The van der Waals surface area contributed by atoms with E-state index in [-0.39, 0.29) is 41.0 Å². The van der Waals surface area contributed by atoms with Crippen LogP contribution in [0.15, 0.2) is 42.7 Å². The number of carbonyl (C=O) groups excluding carboxylic acids is 1. The summed E-state index contributed by atoms with van der Waals surface area (Å²) in [5.74, 6) is -0.351. The van der Waals surface area contributed by atoms with E-state index in [1.54, 1.807) is 6.07 Å². The average Bonchev–Trinajstić information content (AvgIpc) is 3.51. The summed E-state index contributed by atoms with van der Waals surface area (Å²) in [6.45, 7) is 5.51. The van der Waals surface area contributed by atoms with Gasteiger partial charge in [0.1, 0.15) is 12.7 Å². The fourth-order valence-electron chi connectivity index (χ4n) is 5.18. The average molecular weight is 591 g/mol. The molecule has 0 radical (unpaired) electrons. The van der Waals surface area contributed by atoms with Gasteiger partial charge in [-0.05, 0) is 38.5 Å². The third kappa shape index (κ3) is 5.61. The highest BCUT2D eigenvalue weighted by molar-refractivity contribution is 6.33. The topological polar surface area (TPSA) is 102 Å². The molecule has 1 aromatic carbocycles. The standard InChI is InChI=1S/C27H26ClF3N6O4/c1-26(2)40-14-19(41-26)13-39-24-32-10-17(11-33-24)34-25(38)37-18-6-7-36(12-18)21-9-20(28)22(35-23(21)37)15-4-3-5-16(8-15)27(29,30)31/h3-5,8-11,18-19H,6-7,12-14H2,1-2H3,(H,34,38)/t18-,19-/m0/s1. The monoisotopic (exact) mass is 590 g/mol. The number of alkyl halides is 3. The van der Waals surface area contributed by atoms with Crippen molar-refractivity contribution < 1.29 is 32.2 Å². The number of rotatable bonds is 5. The first-order valence-corrected chi connectivity index (χ1v) is 13.3. The Morgan fingerprint density at radius 1 is 1.24 bits per heavy atom. The minimum absolute atomic E-state index is 0.119. The summed E-state index contributed by atoms with van der Waals surface area (Å²) in [5.41, 5.74) is 0.503. The molecule has 2 saturated heterocycles. The first-order chi connectivity index (χ1) is 19.5. The smallest absolute Gasteiger partial charge is 0.416 e. The van der Waals surface area contributed by atoms with Crippen LogP contribution in [0.25, 0.3) is 11.3 Å². The second kappa shape index (κ2) is 10.3. The van der Waals surface area contributed by atoms with Gasteiger partial charge in [0.15, 0.2) is 11.6 Å². The molecule has 6 rings (SSSR count). The molecule has 10 nitrogen and oxygen atoms in total. The molecule has 0 saturated carbocycles. The molecule has 1 N–H and O–H groups in total. The van der Waals surface area contributed by atoms with Gasteiger partial charge in [-0.2, -0.15) is 13.2 Å². The van der Waals surface area contributed by atoms with Crippen LogP contribution in [0.5, 0.6) is 6.01 Å². The van der Waals surface area contributed by atoms with Crippen LogP contribution in [-0.2, 0) is 15.7 Å². The number of amides is 2. The molecule has 2 bridgehead atoms. The van der Waals surface area contributed by atoms with Gasteiger partial charge in [-0.15, -0.1) is 0 Å². The molecule has 2 amide bonds. The number of fused-ring (bicyclic) bond motifs is 4. The van der Waals surface area contributed by atoms with Crippen molar-refractivity contribution >= 4 is 34.8 Å². The molecule has 3 aromatic rings. The summed E-state index contributed by atoms with van der Waals surface area (Å²) in [6.07, 6.45) is -1.24. The van der Waals surface area contributed by atoms with Crippen molar-refractivity contribution in [1.29, 1.82) is 0 Å².